The van der Waals surface area contributed by atoms with Crippen LogP contribution in [0.3, 0.4) is 0 Å². The molecule has 4 heteroatoms. The minimum Gasteiger partial charge on any atom is -0.437 e. The van der Waals surface area contributed by atoms with Gasteiger partial charge in [0.15, 0.2) is 5.60 Å². The van der Waals surface area contributed by atoms with Crippen LogP contribution in [0.25, 0.3) is 0 Å². The van der Waals surface area contributed by atoms with Crippen LogP contribution in [0, 0.1) is 0 Å². The number of primary amides is 1. The first-order chi connectivity index (χ1) is 9.15. The molecule has 0 heterocycles. The van der Waals surface area contributed by atoms with Crippen LogP contribution in [-0.2, 0) is 10.3 Å². The number of carbonyl (C=O) groups excluding carboxylic acids is 1. The minimum absolute atomic E-state index is 0.257. The van der Waals surface area contributed by atoms with Crippen molar-refractivity contribution in [2.75, 3.05) is 0 Å². The van der Waals surface area contributed by atoms with Gasteiger partial charge in [-0.1, -0.05) is 42.5 Å². The van der Waals surface area contributed by atoms with E-state index < -0.39 is 11.7 Å². The summed E-state index contributed by atoms with van der Waals surface area (Å²) in [7, 11) is 0. The number of carbonyl (C=O) groups is 1. The summed E-state index contributed by atoms with van der Waals surface area (Å²) in [4.78, 5) is 11.3. The molecule has 2 rings (SSSR count). The second-order valence-electron chi connectivity index (χ2n) is 4.87. The monoisotopic (exact) mass is 260 g/mol. The van der Waals surface area contributed by atoms with Crippen LogP contribution in [0.2, 0.25) is 0 Å². The van der Waals surface area contributed by atoms with Crippen LogP contribution in [0.1, 0.15) is 31.2 Å². The Hall–Kier alpha value is -1.81. The summed E-state index contributed by atoms with van der Waals surface area (Å²) < 4.78 is 5.49. The molecule has 0 saturated carbocycles. The Balaban J connectivity index is 2.42. The van der Waals surface area contributed by atoms with Gasteiger partial charge in [-0.3, -0.25) is 0 Å². The molecule has 0 bridgehead atoms. The average Bonchev–Trinajstić information content (AvgIpc) is 2.39. The highest BCUT2D eigenvalue weighted by atomic mass is 16.6. The standard InChI is InChI=1S/C15H20N2O2/c16-13-10-6-1-2-7-11-15(13,19-14(17)18)12-8-4-3-5-9-12/h1-5,8-9,13H,6-7,10-11,16H2,(H2,17,18)/b2-1-. The van der Waals surface area contributed by atoms with Gasteiger partial charge in [-0.05, 0) is 31.2 Å². The van der Waals surface area contributed by atoms with Gasteiger partial charge in [0.25, 0.3) is 0 Å². The second kappa shape index (κ2) is 5.89. The van der Waals surface area contributed by atoms with Crippen molar-refractivity contribution in [1.29, 1.82) is 0 Å². The third kappa shape index (κ3) is 2.96. The van der Waals surface area contributed by atoms with E-state index in [0.717, 1.165) is 24.8 Å². The van der Waals surface area contributed by atoms with Gasteiger partial charge in [0.05, 0.1) is 0 Å². The number of ether oxygens (including phenoxy) is 1. The lowest BCUT2D eigenvalue weighted by Gasteiger charge is -2.39. The molecule has 1 aromatic carbocycles. The third-order valence-electron chi connectivity index (χ3n) is 3.64. The summed E-state index contributed by atoms with van der Waals surface area (Å²) in [6.45, 7) is 0. The van der Waals surface area contributed by atoms with Crippen LogP contribution < -0.4 is 11.5 Å². The van der Waals surface area contributed by atoms with Gasteiger partial charge in [0.2, 0.25) is 0 Å². The van der Waals surface area contributed by atoms with E-state index in [-0.39, 0.29) is 6.04 Å². The number of nitrogens with two attached hydrogens (primary N) is 2. The second-order valence-corrected chi connectivity index (χ2v) is 4.87. The van der Waals surface area contributed by atoms with E-state index in [4.69, 9.17) is 16.2 Å². The minimum atomic E-state index is -0.822. The molecule has 0 aromatic heterocycles. The summed E-state index contributed by atoms with van der Waals surface area (Å²) in [5.74, 6) is 0. The average molecular weight is 260 g/mol. The normalized spacial score (nSPS) is 29.0. The van der Waals surface area contributed by atoms with E-state index in [1.165, 1.54) is 0 Å². The zero-order valence-electron chi connectivity index (χ0n) is 10.9. The zero-order chi connectivity index (χ0) is 13.7. The van der Waals surface area contributed by atoms with E-state index in [1.54, 1.807) is 0 Å². The maximum absolute atomic E-state index is 11.3. The predicted octanol–water partition coefficient (Wildman–Crippen LogP) is 2.43. The fourth-order valence-electron chi connectivity index (χ4n) is 2.67. The molecular weight excluding hydrogens is 240 g/mol. The van der Waals surface area contributed by atoms with Gasteiger partial charge in [0, 0.05) is 6.04 Å². The molecular formula is C15H20N2O2. The Morgan fingerprint density at radius 1 is 1.21 bits per heavy atom. The molecule has 1 aliphatic carbocycles. The van der Waals surface area contributed by atoms with E-state index in [9.17, 15) is 4.79 Å². The fraction of sp³-hybridized carbons (Fsp3) is 0.400. The molecule has 4 N–H and O–H groups in total. The van der Waals surface area contributed by atoms with E-state index in [0.29, 0.717) is 6.42 Å². The van der Waals surface area contributed by atoms with E-state index >= 15 is 0 Å². The highest BCUT2D eigenvalue weighted by Crippen LogP contribution is 2.36. The van der Waals surface area contributed by atoms with Crippen molar-refractivity contribution >= 4 is 6.09 Å². The Morgan fingerprint density at radius 2 is 1.89 bits per heavy atom. The van der Waals surface area contributed by atoms with Gasteiger partial charge in [-0.15, -0.1) is 0 Å². The Morgan fingerprint density at radius 3 is 2.58 bits per heavy atom. The van der Waals surface area contributed by atoms with Crippen LogP contribution in [0.15, 0.2) is 42.5 Å². The Kier molecular flexibility index (Phi) is 4.22. The summed E-state index contributed by atoms with van der Waals surface area (Å²) in [5, 5.41) is 0. The third-order valence-corrected chi connectivity index (χ3v) is 3.64. The molecule has 19 heavy (non-hydrogen) atoms. The van der Waals surface area contributed by atoms with Crippen molar-refractivity contribution in [3.63, 3.8) is 0 Å². The van der Waals surface area contributed by atoms with Gasteiger partial charge in [0.1, 0.15) is 0 Å². The van der Waals surface area contributed by atoms with Gasteiger partial charge in [-0.2, -0.15) is 0 Å². The highest BCUT2D eigenvalue weighted by molar-refractivity contribution is 5.65. The highest BCUT2D eigenvalue weighted by Gasteiger charge is 2.41. The topological polar surface area (TPSA) is 78.3 Å². The number of amides is 1. The van der Waals surface area contributed by atoms with Crippen molar-refractivity contribution in [3.05, 3.63) is 48.0 Å². The van der Waals surface area contributed by atoms with Crippen molar-refractivity contribution < 1.29 is 9.53 Å². The lowest BCUT2D eigenvalue weighted by molar-refractivity contribution is -0.0174. The smallest absolute Gasteiger partial charge is 0.405 e. The van der Waals surface area contributed by atoms with Crippen LogP contribution in [-0.4, -0.2) is 12.1 Å². The van der Waals surface area contributed by atoms with Gasteiger partial charge >= 0.3 is 6.09 Å². The number of benzene rings is 1. The number of rotatable bonds is 2. The number of allylic oxidation sites excluding steroid dienone is 2. The summed E-state index contributed by atoms with van der Waals surface area (Å²) in [6, 6.07) is 9.39. The van der Waals surface area contributed by atoms with Crippen LogP contribution in [0.5, 0.6) is 0 Å². The van der Waals surface area contributed by atoms with Crippen molar-refractivity contribution in [2.24, 2.45) is 11.5 Å². The molecule has 4 nitrogen and oxygen atoms in total. The molecule has 2 atom stereocenters. The molecule has 0 radical (unpaired) electrons. The summed E-state index contributed by atoms with van der Waals surface area (Å²) in [6.07, 6.45) is 6.57. The maximum Gasteiger partial charge on any atom is 0.405 e. The SMILES string of the molecule is NC(=O)OC1(c2ccccc2)CC/C=C\CCC1N. The summed E-state index contributed by atoms with van der Waals surface area (Å²) in [5.41, 5.74) is 11.7. The molecule has 0 fully saturated rings. The molecule has 102 valence electrons. The Bertz CT molecular complexity index is 458. The van der Waals surface area contributed by atoms with Crippen molar-refractivity contribution in [2.45, 2.75) is 37.3 Å². The van der Waals surface area contributed by atoms with Crippen molar-refractivity contribution in [3.8, 4) is 0 Å². The first-order valence-electron chi connectivity index (χ1n) is 6.60. The predicted molar refractivity (Wildman–Crippen MR) is 74.4 cm³/mol. The molecule has 2 unspecified atom stereocenters. The fourth-order valence-corrected chi connectivity index (χ4v) is 2.67. The molecule has 1 aromatic rings. The molecule has 1 aliphatic rings. The molecule has 0 saturated heterocycles. The first kappa shape index (κ1) is 13.6. The molecule has 1 amide bonds. The van der Waals surface area contributed by atoms with Crippen LogP contribution >= 0.6 is 0 Å². The van der Waals surface area contributed by atoms with E-state index in [2.05, 4.69) is 12.2 Å². The largest absolute Gasteiger partial charge is 0.437 e. The van der Waals surface area contributed by atoms with E-state index in [1.807, 2.05) is 30.3 Å². The quantitative estimate of drug-likeness (QED) is 0.802. The zero-order valence-corrected chi connectivity index (χ0v) is 10.9. The Labute approximate surface area is 113 Å². The van der Waals surface area contributed by atoms with Crippen LogP contribution in [0.4, 0.5) is 4.79 Å². The molecule has 0 aliphatic heterocycles. The molecule has 0 spiro atoms. The van der Waals surface area contributed by atoms with Crippen molar-refractivity contribution in [1.82, 2.24) is 0 Å². The number of hydrogen-bond donors (Lipinski definition) is 2. The lowest BCUT2D eigenvalue weighted by atomic mass is 9.79. The van der Waals surface area contributed by atoms with Gasteiger partial charge in [-0.25, -0.2) is 4.79 Å². The lowest BCUT2D eigenvalue weighted by Crippen LogP contribution is -2.50. The first-order valence-corrected chi connectivity index (χ1v) is 6.60. The van der Waals surface area contributed by atoms with Gasteiger partial charge < -0.3 is 16.2 Å². The maximum atomic E-state index is 11.3. The summed E-state index contributed by atoms with van der Waals surface area (Å²) >= 11 is 0. The number of hydrogen-bond acceptors (Lipinski definition) is 3.